The van der Waals surface area contributed by atoms with Crippen molar-refractivity contribution in [3.8, 4) is 5.75 Å². The molecule has 0 saturated heterocycles. The lowest BCUT2D eigenvalue weighted by Crippen LogP contribution is -2.48. The van der Waals surface area contributed by atoms with Gasteiger partial charge >= 0.3 is 10.2 Å². The fourth-order valence-electron chi connectivity index (χ4n) is 2.86. The van der Waals surface area contributed by atoms with Crippen molar-refractivity contribution in [2.75, 3.05) is 29.8 Å². The summed E-state index contributed by atoms with van der Waals surface area (Å²) in [4.78, 5) is 16.8. The number of carbonyl (C=O) groups excluding carboxylic acids is 1. The Labute approximate surface area is 179 Å². The molecule has 0 radical (unpaired) electrons. The molecule has 2 heterocycles. The van der Waals surface area contributed by atoms with Gasteiger partial charge in [0.25, 0.3) is 5.91 Å². The molecule has 0 saturated carbocycles. The number of pyridine rings is 1. The van der Waals surface area contributed by atoms with Gasteiger partial charge in [-0.1, -0.05) is 6.07 Å². The summed E-state index contributed by atoms with van der Waals surface area (Å²) in [7, 11) is -3.89. The molecule has 1 aromatic heterocycles. The summed E-state index contributed by atoms with van der Waals surface area (Å²) < 4.78 is 35.0. The van der Waals surface area contributed by atoms with Crippen molar-refractivity contribution in [1.82, 2.24) is 10.3 Å². The molecular weight excluding hydrogens is 424 g/mol. The van der Waals surface area contributed by atoms with Crippen molar-refractivity contribution < 1.29 is 23.1 Å². The molecule has 0 spiro atoms. The van der Waals surface area contributed by atoms with Crippen molar-refractivity contribution >= 4 is 33.5 Å². The molecule has 11 nitrogen and oxygen atoms in total. The number of aromatic nitrogens is 1. The molecule has 31 heavy (non-hydrogen) atoms. The van der Waals surface area contributed by atoms with Crippen LogP contribution in [0.25, 0.3) is 0 Å². The molecule has 0 fully saturated rings. The van der Waals surface area contributed by atoms with Gasteiger partial charge in [-0.15, -0.1) is 4.40 Å². The van der Waals surface area contributed by atoms with Crippen LogP contribution in [0.4, 0.5) is 11.5 Å². The van der Waals surface area contributed by atoms with Gasteiger partial charge in [-0.3, -0.25) is 9.52 Å². The quantitative estimate of drug-likeness (QED) is 0.388. The van der Waals surface area contributed by atoms with Gasteiger partial charge in [-0.25, -0.2) is 4.98 Å². The first kappa shape index (κ1) is 22.3. The van der Waals surface area contributed by atoms with Gasteiger partial charge in [0.05, 0.1) is 23.4 Å². The van der Waals surface area contributed by atoms with Gasteiger partial charge in [0, 0.05) is 18.3 Å². The summed E-state index contributed by atoms with van der Waals surface area (Å²) in [5.74, 6) is 0.310. The van der Waals surface area contributed by atoms with E-state index in [0.717, 1.165) is 0 Å². The number of hydrogen-bond donors (Lipinski definition) is 5. The van der Waals surface area contributed by atoms with Crippen LogP contribution in [-0.2, 0) is 10.2 Å². The monoisotopic (exact) mass is 448 g/mol. The number of ether oxygens (including phenoxy) is 1. The van der Waals surface area contributed by atoms with Crippen molar-refractivity contribution in [2.45, 2.75) is 19.4 Å². The van der Waals surface area contributed by atoms with Gasteiger partial charge in [0.1, 0.15) is 18.2 Å². The summed E-state index contributed by atoms with van der Waals surface area (Å²) in [6, 6.07) is 7.98. The van der Waals surface area contributed by atoms with E-state index in [1.807, 2.05) is 0 Å². The summed E-state index contributed by atoms with van der Waals surface area (Å²) in [6.07, 6.45) is 1.50. The molecule has 3 rings (SSSR count). The molecule has 166 valence electrons. The first-order valence-electron chi connectivity index (χ1n) is 9.38. The van der Waals surface area contributed by atoms with Crippen LogP contribution in [0.5, 0.6) is 5.75 Å². The number of aliphatic hydroxyl groups excluding tert-OH is 1. The zero-order chi connectivity index (χ0) is 22.6. The van der Waals surface area contributed by atoms with Crippen molar-refractivity contribution in [2.24, 2.45) is 10.1 Å². The van der Waals surface area contributed by atoms with Gasteiger partial charge < -0.3 is 26.2 Å². The van der Waals surface area contributed by atoms with Gasteiger partial charge in [-0.05, 0) is 38.1 Å². The lowest BCUT2D eigenvalue weighted by Gasteiger charge is -2.27. The Morgan fingerprint density at radius 3 is 2.84 bits per heavy atom. The predicted octanol–water partition coefficient (Wildman–Crippen LogP) is 0.449. The lowest BCUT2D eigenvalue weighted by molar-refractivity contribution is 0.0880. The molecule has 0 bridgehead atoms. The normalized spacial score (nSPS) is 14.6. The van der Waals surface area contributed by atoms with Crippen LogP contribution in [0, 0.1) is 0 Å². The molecule has 1 aliphatic heterocycles. The average Bonchev–Trinajstić information content (AvgIpc) is 2.69. The number of benzene rings is 1. The summed E-state index contributed by atoms with van der Waals surface area (Å²) >= 11 is 0. The second-order valence-corrected chi connectivity index (χ2v) is 8.78. The van der Waals surface area contributed by atoms with E-state index in [0.29, 0.717) is 29.2 Å². The molecule has 2 aromatic rings. The number of anilines is 2. The molecule has 0 unspecified atom stereocenters. The van der Waals surface area contributed by atoms with Crippen molar-refractivity contribution in [3.05, 3.63) is 47.7 Å². The van der Waals surface area contributed by atoms with Crippen LogP contribution in [0.2, 0.25) is 0 Å². The average molecular weight is 449 g/mol. The molecule has 6 N–H and O–H groups in total. The second kappa shape index (κ2) is 8.78. The maximum Gasteiger partial charge on any atom is 0.344 e. The standard InChI is InChI=1S/C19H24N6O5S/c1-19(2,23-18(27)12-6-7-21-15(10-12)22-8-9-26)11-30-14-5-3-4-13-16(14)17(20)25-31(28,29)24-13/h3-7,10,24,26H,8-9,11H2,1-2H3,(H2,20,25)(H,21,22)(H,23,27). The third kappa shape index (κ3) is 5.61. The largest absolute Gasteiger partial charge is 0.490 e. The van der Waals surface area contributed by atoms with Crippen LogP contribution in [0.15, 0.2) is 40.9 Å². The number of rotatable bonds is 8. The SMILES string of the molecule is CC(C)(COc1cccc2c1C(N)=NS(=O)(=O)N2)NC(=O)c1ccnc(NCCO)c1. The highest BCUT2D eigenvalue weighted by molar-refractivity contribution is 7.91. The predicted molar refractivity (Wildman–Crippen MR) is 117 cm³/mol. The fourth-order valence-corrected chi connectivity index (χ4v) is 3.71. The highest BCUT2D eigenvalue weighted by Crippen LogP contribution is 2.30. The van der Waals surface area contributed by atoms with E-state index in [2.05, 4.69) is 24.7 Å². The first-order valence-corrected chi connectivity index (χ1v) is 10.8. The summed E-state index contributed by atoms with van der Waals surface area (Å²) in [5, 5.41) is 14.7. The maximum absolute atomic E-state index is 12.7. The van der Waals surface area contributed by atoms with E-state index in [-0.39, 0.29) is 30.6 Å². The van der Waals surface area contributed by atoms with Gasteiger partial charge in [0.2, 0.25) is 0 Å². The van der Waals surface area contributed by atoms with Gasteiger partial charge in [0.15, 0.2) is 5.84 Å². The molecule has 12 heteroatoms. The molecule has 1 amide bonds. The minimum atomic E-state index is -3.89. The van der Waals surface area contributed by atoms with E-state index < -0.39 is 15.7 Å². The minimum Gasteiger partial charge on any atom is -0.490 e. The fraction of sp³-hybridized carbons (Fsp3) is 0.316. The lowest BCUT2D eigenvalue weighted by atomic mass is 10.1. The highest BCUT2D eigenvalue weighted by Gasteiger charge is 2.27. The Morgan fingerprint density at radius 1 is 1.32 bits per heavy atom. The van der Waals surface area contributed by atoms with Crippen LogP contribution in [0.3, 0.4) is 0 Å². The number of fused-ring (bicyclic) bond motifs is 1. The van der Waals surface area contributed by atoms with Crippen molar-refractivity contribution in [1.29, 1.82) is 0 Å². The Kier molecular flexibility index (Phi) is 6.32. The number of nitrogens with zero attached hydrogens (tertiary/aromatic N) is 2. The molecule has 0 atom stereocenters. The number of nitrogens with two attached hydrogens (primary N) is 1. The van der Waals surface area contributed by atoms with E-state index in [1.165, 1.54) is 6.20 Å². The zero-order valence-electron chi connectivity index (χ0n) is 17.0. The van der Waals surface area contributed by atoms with E-state index in [9.17, 15) is 13.2 Å². The maximum atomic E-state index is 12.7. The number of amides is 1. The molecular formula is C19H24N6O5S. The second-order valence-electron chi connectivity index (χ2n) is 7.44. The van der Waals surface area contributed by atoms with E-state index in [1.54, 1.807) is 44.2 Å². The summed E-state index contributed by atoms with van der Waals surface area (Å²) in [5.41, 5.74) is 6.05. The third-order valence-electron chi connectivity index (χ3n) is 4.22. The van der Waals surface area contributed by atoms with Crippen LogP contribution < -0.4 is 25.8 Å². The van der Waals surface area contributed by atoms with Gasteiger partial charge in [-0.2, -0.15) is 8.42 Å². The molecule has 1 aliphatic rings. The third-order valence-corrected chi connectivity index (χ3v) is 5.14. The van der Waals surface area contributed by atoms with E-state index >= 15 is 0 Å². The minimum absolute atomic E-state index is 0.0532. The first-order chi connectivity index (χ1) is 14.6. The Hall–Kier alpha value is -3.38. The van der Waals surface area contributed by atoms with Crippen LogP contribution in [-0.4, -0.2) is 55.5 Å². The smallest absolute Gasteiger partial charge is 0.344 e. The number of aliphatic hydroxyl groups is 1. The zero-order valence-corrected chi connectivity index (χ0v) is 17.9. The number of hydrogen-bond acceptors (Lipinski definition) is 8. The van der Waals surface area contributed by atoms with Crippen molar-refractivity contribution in [3.63, 3.8) is 0 Å². The van der Waals surface area contributed by atoms with Crippen LogP contribution >= 0.6 is 0 Å². The van der Waals surface area contributed by atoms with Crippen LogP contribution in [0.1, 0.15) is 29.8 Å². The van der Waals surface area contributed by atoms with E-state index in [4.69, 9.17) is 15.6 Å². The Balaban J connectivity index is 1.70. The topological polar surface area (TPSA) is 168 Å². The Morgan fingerprint density at radius 2 is 2.10 bits per heavy atom. The number of carbonyl (C=O) groups is 1. The number of nitrogens with one attached hydrogen (secondary N) is 3. The molecule has 1 aromatic carbocycles. The summed E-state index contributed by atoms with van der Waals surface area (Å²) in [6.45, 7) is 3.92. The Bertz CT molecular complexity index is 1120. The molecule has 0 aliphatic carbocycles. The highest BCUT2D eigenvalue weighted by atomic mass is 32.2. The number of amidine groups is 1.